The van der Waals surface area contributed by atoms with E-state index in [1.807, 2.05) is 0 Å². The van der Waals surface area contributed by atoms with Crippen molar-refractivity contribution in [1.82, 2.24) is 0 Å². The van der Waals surface area contributed by atoms with Crippen molar-refractivity contribution < 1.29 is 66.2 Å². The van der Waals surface area contributed by atoms with Crippen LogP contribution in [0.1, 0.15) is 31.9 Å². The van der Waals surface area contributed by atoms with Gasteiger partial charge in [0.2, 0.25) is 34.0 Å². The highest BCUT2D eigenvalue weighted by atomic mass is 19.1. The molecule has 0 spiro atoms. The first-order valence-corrected chi connectivity index (χ1v) is 15.7. The molecule has 14 heteroatoms. The maximum Gasteiger partial charge on any atom is 0.335 e. The largest absolute Gasteiger partial charge is 0.458 e. The van der Waals surface area contributed by atoms with Crippen LogP contribution in [0, 0.1) is 11.8 Å². The summed E-state index contributed by atoms with van der Waals surface area (Å²) in [5.74, 6) is 3.46. The van der Waals surface area contributed by atoms with Crippen LogP contribution in [0.2, 0.25) is 0 Å². The molecule has 0 radical (unpaired) electrons. The van der Waals surface area contributed by atoms with Crippen molar-refractivity contribution in [2.75, 3.05) is 34.0 Å². The Labute approximate surface area is 311 Å². The van der Waals surface area contributed by atoms with Crippen molar-refractivity contribution in [1.29, 1.82) is 0 Å². The second kappa shape index (κ2) is 20.7. The number of halogens is 1. The van der Waals surface area contributed by atoms with E-state index in [1.54, 1.807) is 48.5 Å². The molecule has 282 valence electrons. The third-order valence-corrected chi connectivity index (χ3v) is 6.59. The van der Waals surface area contributed by atoms with Gasteiger partial charge in [0.1, 0.15) is 17.2 Å². The first-order chi connectivity index (χ1) is 25.8. The Kier molecular flexibility index (Phi) is 15.9. The Bertz CT molecular complexity index is 1950. The minimum absolute atomic E-state index is 0.0307. The molecule has 0 saturated heterocycles. The molecule has 0 aliphatic rings. The minimum atomic E-state index is -1.31. The molecule has 0 fully saturated rings. The van der Waals surface area contributed by atoms with Gasteiger partial charge >= 0.3 is 23.9 Å². The zero-order valence-corrected chi connectivity index (χ0v) is 29.8. The van der Waals surface area contributed by atoms with E-state index in [0.717, 1.165) is 6.08 Å². The number of hydrogen-bond acceptors (Lipinski definition) is 13. The predicted octanol–water partition coefficient (Wildman–Crippen LogP) is 6.49. The molecule has 0 aliphatic carbocycles. The molecule has 0 saturated carbocycles. The summed E-state index contributed by atoms with van der Waals surface area (Å²) in [5.41, 5.74) is 1.52. The van der Waals surface area contributed by atoms with E-state index in [0.29, 0.717) is 22.6 Å². The molecular weight excluding hydrogens is 707 g/mol. The molecule has 0 amide bonds. The Morgan fingerprint density at radius 1 is 0.630 bits per heavy atom. The van der Waals surface area contributed by atoms with Crippen LogP contribution in [0.5, 0.6) is 28.7 Å². The summed E-state index contributed by atoms with van der Waals surface area (Å²) in [5, 5.41) is 0. The molecule has 3 aromatic carbocycles. The summed E-state index contributed by atoms with van der Waals surface area (Å²) < 4.78 is 62.2. The maximum atomic E-state index is 14.0. The summed E-state index contributed by atoms with van der Waals surface area (Å²) in [6, 6.07) is 14.1. The number of ether oxygens (including phenoxy) is 9. The van der Waals surface area contributed by atoms with Crippen molar-refractivity contribution in [2.45, 2.75) is 20.8 Å². The van der Waals surface area contributed by atoms with Gasteiger partial charge in [-0.15, -0.1) is 0 Å². The van der Waals surface area contributed by atoms with Crippen molar-refractivity contribution in [2.24, 2.45) is 0 Å². The normalized spacial score (nSPS) is 9.93. The van der Waals surface area contributed by atoms with Crippen LogP contribution >= 0.6 is 0 Å². The van der Waals surface area contributed by atoms with E-state index in [2.05, 4.69) is 38.2 Å². The van der Waals surface area contributed by atoms with E-state index >= 15 is 0 Å². The fraction of sp³-hybridized carbons (Fsp3) is 0.200. The Hall–Kier alpha value is -7.01. The van der Waals surface area contributed by atoms with E-state index in [9.17, 15) is 23.6 Å². The Morgan fingerprint density at radius 3 is 1.61 bits per heavy atom. The van der Waals surface area contributed by atoms with Gasteiger partial charge in [0.05, 0.1) is 11.1 Å². The fourth-order valence-electron chi connectivity index (χ4n) is 3.95. The van der Waals surface area contributed by atoms with Crippen molar-refractivity contribution >= 4 is 23.9 Å². The van der Waals surface area contributed by atoms with Crippen LogP contribution in [0.15, 0.2) is 104 Å². The predicted molar refractivity (Wildman–Crippen MR) is 192 cm³/mol. The number of carbonyl (C=O) groups is 4. The van der Waals surface area contributed by atoms with Crippen LogP contribution in [0.25, 0.3) is 11.1 Å². The number of carbonyl (C=O) groups excluding carboxylic acids is 4. The monoisotopic (exact) mass is 744 g/mol. The molecule has 0 bridgehead atoms. The molecular formula is C40H37FO13. The van der Waals surface area contributed by atoms with Crippen LogP contribution in [-0.2, 0) is 38.1 Å². The molecule has 0 atom stereocenters. The summed E-state index contributed by atoms with van der Waals surface area (Å²) >= 11 is 0. The number of alkyl halides is 1. The quantitative estimate of drug-likeness (QED) is 0.0433. The van der Waals surface area contributed by atoms with Gasteiger partial charge in [-0.25, -0.2) is 23.6 Å². The van der Waals surface area contributed by atoms with Crippen LogP contribution in [0.4, 0.5) is 4.39 Å². The van der Waals surface area contributed by atoms with Gasteiger partial charge in [0.15, 0.2) is 11.5 Å². The molecule has 0 N–H and O–H groups in total. The van der Waals surface area contributed by atoms with E-state index in [4.69, 9.17) is 42.6 Å². The SMILES string of the molecule is C=CC(=O)OCOc1ccc(C#Cc2cc(OCOC(=O)C(=C)C)c(-c3ccc(OCOC(=O)C(=C)C)cc3)c(OCOC(=O)C(=C)C)c2OCF)cc1. The minimum Gasteiger partial charge on any atom is -0.458 e. The lowest BCUT2D eigenvalue weighted by Crippen LogP contribution is -2.14. The van der Waals surface area contributed by atoms with E-state index in [1.165, 1.54) is 26.8 Å². The van der Waals surface area contributed by atoms with E-state index in [-0.39, 0.29) is 51.9 Å². The number of rotatable bonds is 19. The van der Waals surface area contributed by atoms with Gasteiger partial charge in [-0.3, -0.25) is 0 Å². The Morgan fingerprint density at radius 2 is 1.11 bits per heavy atom. The summed E-state index contributed by atoms with van der Waals surface area (Å²) in [6.45, 7) is 15.0. The summed E-state index contributed by atoms with van der Waals surface area (Å²) in [4.78, 5) is 47.3. The van der Waals surface area contributed by atoms with Gasteiger partial charge in [-0.05, 0) is 62.7 Å². The standard InChI is InChI=1S/C40H37FO13/c1-8-34(42)50-21-47-31-15-10-28(11-16-31)9-12-30-19-33(49-23-53-39(44)26(4)5)35(37(36(30)46-20-41)51-24-54-40(45)27(6)7)29-13-17-32(18-14-29)48-22-52-38(43)25(2)3/h8,10-11,13-19H,1-2,4,6,20-24H2,3,5,7H3. The lowest BCUT2D eigenvalue weighted by Gasteiger charge is -2.21. The highest BCUT2D eigenvalue weighted by Crippen LogP contribution is 2.47. The van der Waals surface area contributed by atoms with Gasteiger partial charge in [0.25, 0.3) is 0 Å². The van der Waals surface area contributed by atoms with Crippen LogP contribution in [0.3, 0.4) is 0 Å². The zero-order valence-electron chi connectivity index (χ0n) is 29.8. The third-order valence-electron chi connectivity index (χ3n) is 6.59. The number of esters is 4. The topological polar surface area (TPSA) is 151 Å². The van der Waals surface area contributed by atoms with Crippen molar-refractivity contribution in [3.63, 3.8) is 0 Å². The number of benzene rings is 3. The smallest absolute Gasteiger partial charge is 0.335 e. The fourth-order valence-corrected chi connectivity index (χ4v) is 3.95. The van der Waals surface area contributed by atoms with E-state index < -0.39 is 51.1 Å². The van der Waals surface area contributed by atoms with Crippen molar-refractivity contribution in [3.05, 3.63) is 115 Å². The molecule has 3 rings (SSSR count). The van der Waals surface area contributed by atoms with Gasteiger partial charge < -0.3 is 42.6 Å². The van der Waals surface area contributed by atoms with Gasteiger partial charge in [-0.1, -0.05) is 50.3 Å². The third kappa shape index (κ3) is 12.6. The molecule has 3 aromatic rings. The van der Waals surface area contributed by atoms with Gasteiger partial charge in [-0.2, -0.15) is 0 Å². The first-order valence-electron chi connectivity index (χ1n) is 15.7. The van der Waals surface area contributed by atoms with Crippen LogP contribution < -0.4 is 23.7 Å². The average molecular weight is 745 g/mol. The highest BCUT2D eigenvalue weighted by Gasteiger charge is 2.24. The first kappa shape index (κ1) is 41.4. The lowest BCUT2D eigenvalue weighted by molar-refractivity contribution is -0.146. The molecule has 54 heavy (non-hydrogen) atoms. The molecule has 0 aliphatic heterocycles. The Balaban J connectivity index is 2.12. The second-order valence-electron chi connectivity index (χ2n) is 10.9. The van der Waals surface area contributed by atoms with Crippen LogP contribution in [-0.4, -0.2) is 57.9 Å². The average Bonchev–Trinajstić information content (AvgIpc) is 3.15. The molecule has 0 unspecified atom stereocenters. The highest BCUT2D eigenvalue weighted by molar-refractivity contribution is 5.88. The zero-order chi connectivity index (χ0) is 39.6. The van der Waals surface area contributed by atoms with Crippen molar-refractivity contribution in [3.8, 4) is 51.7 Å². The lowest BCUT2D eigenvalue weighted by atomic mass is 9.99. The van der Waals surface area contributed by atoms with Gasteiger partial charge in [0, 0.05) is 34.4 Å². The molecule has 0 heterocycles. The maximum absolute atomic E-state index is 14.0. The summed E-state index contributed by atoms with van der Waals surface area (Å²) in [6.07, 6.45) is 1.01. The molecule has 0 aromatic heterocycles. The second-order valence-corrected chi connectivity index (χ2v) is 10.9. The summed E-state index contributed by atoms with van der Waals surface area (Å²) in [7, 11) is 0. The number of hydrogen-bond donors (Lipinski definition) is 0. The molecule has 13 nitrogen and oxygen atoms in total.